The van der Waals surface area contributed by atoms with E-state index in [9.17, 15) is 9.59 Å². The van der Waals surface area contributed by atoms with E-state index >= 15 is 0 Å². The normalized spacial score (nSPS) is 14.4. The van der Waals surface area contributed by atoms with Gasteiger partial charge in [0.15, 0.2) is 0 Å². The van der Waals surface area contributed by atoms with Crippen LogP contribution in [-0.4, -0.2) is 59.9 Å². The van der Waals surface area contributed by atoms with Gasteiger partial charge in [0.25, 0.3) is 0 Å². The SMILES string of the molecule is CC(/C=C/C=C(\C)C(=O)O)=C\C=C\C=C(C)\C=C\C=C(/C)C(=O)O.[CaH2]. The molecule has 25 heavy (non-hydrogen) atoms. The molecule has 0 unspecified atom stereocenters. The number of carboxylic acids is 2. The summed E-state index contributed by atoms with van der Waals surface area (Å²) >= 11 is 0. The summed E-state index contributed by atoms with van der Waals surface area (Å²) in [5.74, 6) is -1.86. The molecule has 0 aromatic heterocycles. The maximum atomic E-state index is 10.6. The molecule has 0 aliphatic rings. The molecule has 2 N–H and O–H groups in total. The third-order valence-electron chi connectivity index (χ3n) is 2.91. The number of aliphatic carboxylic acids is 2. The fourth-order valence-corrected chi connectivity index (χ4v) is 1.36. The van der Waals surface area contributed by atoms with E-state index in [-0.39, 0.29) is 48.9 Å². The van der Waals surface area contributed by atoms with Crippen molar-refractivity contribution in [2.75, 3.05) is 0 Å². The Bertz CT molecular complexity index is 614. The molecule has 132 valence electrons. The molecule has 0 radical (unpaired) electrons. The maximum absolute atomic E-state index is 10.6. The zero-order valence-corrected chi connectivity index (χ0v) is 14.5. The predicted octanol–water partition coefficient (Wildman–Crippen LogP) is 3.69. The number of rotatable bonds is 8. The molecule has 0 bridgehead atoms. The van der Waals surface area contributed by atoms with E-state index in [0.29, 0.717) is 0 Å². The van der Waals surface area contributed by atoms with Gasteiger partial charge in [0, 0.05) is 11.1 Å². The molecule has 0 amide bonds. The van der Waals surface area contributed by atoms with Gasteiger partial charge in [-0.15, -0.1) is 0 Å². The van der Waals surface area contributed by atoms with E-state index < -0.39 is 11.9 Å². The van der Waals surface area contributed by atoms with E-state index in [1.165, 1.54) is 0 Å². The van der Waals surface area contributed by atoms with Crippen LogP contribution in [0.3, 0.4) is 0 Å². The number of carboxylic acid groups (broad SMARTS) is 2. The van der Waals surface area contributed by atoms with Crippen molar-refractivity contribution in [3.05, 3.63) is 83.1 Å². The Morgan fingerprint density at radius 1 is 0.600 bits per heavy atom. The van der Waals surface area contributed by atoms with Crippen molar-refractivity contribution >= 4 is 49.7 Å². The summed E-state index contributed by atoms with van der Waals surface area (Å²) in [7, 11) is 0. The van der Waals surface area contributed by atoms with Gasteiger partial charge in [-0.2, -0.15) is 0 Å². The van der Waals surface area contributed by atoms with E-state index in [0.717, 1.165) is 11.1 Å². The van der Waals surface area contributed by atoms with Crippen molar-refractivity contribution in [3.8, 4) is 0 Å². The fourth-order valence-electron chi connectivity index (χ4n) is 1.36. The molecular weight excluding hydrogens is 344 g/mol. The minimum atomic E-state index is -0.928. The summed E-state index contributed by atoms with van der Waals surface area (Å²) in [5.41, 5.74) is 2.55. The van der Waals surface area contributed by atoms with E-state index in [4.69, 9.17) is 10.2 Å². The second-order valence-electron chi connectivity index (χ2n) is 5.23. The summed E-state index contributed by atoms with van der Waals surface area (Å²) in [6, 6.07) is 0. The van der Waals surface area contributed by atoms with Crippen LogP contribution < -0.4 is 0 Å². The Labute approximate surface area is 179 Å². The van der Waals surface area contributed by atoms with Crippen LogP contribution in [0.1, 0.15) is 27.7 Å². The van der Waals surface area contributed by atoms with Gasteiger partial charge < -0.3 is 10.2 Å². The molecule has 0 heterocycles. The van der Waals surface area contributed by atoms with Gasteiger partial charge in [0.1, 0.15) is 0 Å². The number of carbonyl (C=O) groups is 2. The van der Waals surface area contributed by atoms with Crippen LogP contribution in [0, 0.1) is 0 Å². The molecule has 0 saturated heterocycles. The van der Waals surface area contributed by atoms with Crippen LogP contribution in [-0.2, 0) is 9.59 Å². The molecule has 4 nitrogen and oxygen atoms in total. The van der Waals surface area contributed by atoms with Crippen LogP contribution in [0.15, 0.2) is 83.1 Å². The van der Waals surface area contributed by atoms with E-state index in [1.807, 2.05) is 50.3 Å². The molecule has 0 atom stereocenters. The van der Waals surface area contributed by atoms with Crippen molar-refractivity contribution in [1.82, 2.24) is 0 Å². The fraction of sp³-hybridized carbons (Fsp3) is 0.200. The molecule has 0 aromatic carbocycles. The second kappa shape index (κ2) is 14.7. The molecule has 0 rings (SSSR count). The van der Waals surface area contributed by atoms with Gasteiger partial charge in [-0.05, 0) is 27.7 Å². The quantitative estimate of drug-likeness (QED) is 0.388. The summed E-state index contributed by atoms with van der Waals surface area (Å²) in [6.45, 7) is 6.92. The minimum absolute atomic E-state index is 0. The van der Waals surface area contributed by atoms with Crippen molar-refractivity contribution < 1.29 is 19.8 Å². The first-order chi connectivity index (χ1) is 11.2. The van der Waals surface area contributed by atoms with Crippen LogP contribution in [0.2, 0.25) is 0 Å². The zero-order valence-electron chi connectivity index (χ0n) is 14.5. The van der Waals surface area contributed by atoms with Gasteiger partial charge >= 0.3 is 49.7 Å². The number of hydrogen-bond acceptors (Lipinski definition) is 2. The molecule has 0 aliphatic heterocycles. The third-order valence-corrected chi connectivity index (χ3v) is 2.91. The molecule has 5 heteroatoms. The molecule has 0 aliphatic carbocycles. The van der Waals surface area contributed by atoms with Gasteiger partial charge in [-0.25, -0.2) is 9.59 Å². The Hall–Kier alpha value is -1.62. The second-order valence-corrected chi connectivity index (χ2v) is 5.23. The molecule has 0 saturated carbocycles. The third kappa shape index (κ3) is 14.4. The van der Waals surface area contributed by atoms with Crippen molar-refractivity contribution in [2.45, 2.75) is 27.7 Å². The Balaban J connectivity index is 0. The standard InChI is InChI=1S/C20H24O4.Ca.2H/c1-15(11-7-13-17(3)19(21)22)9-5-6-10-16(2)12-8-14-18(4)20(23)24;;;/h5-14H,1-4H3,(H,21,22)(H,23,24);;;/b6-5+,11-7+,12-8+,15-9+,16-10+,17-13+,18-14+;;;. The molecular formula is C20H26CaO4. The van der Waals surface area contributed by atoms with Crippen molar-refractivity contribution in [3.63, 3.8) is 0 Å². The summed E-state index contributed by atoms with van der Waals surface area (Å²) in [4.78, 5) is 21.2. The monoisotopic (exact) mass is 370 g/mol. The predicted molar refractivity (Wildman–Crippen MR) is 106 cm³/mol. The first-order valence-corrected chi connectivity index (χ1v) is 7.42. The van der Waals surface area contributed by atoms with Gasteiger partial charge in [0.05, 0.1) is 0 Å². The van der Waals surface area contributed by atoms with Crippen LogP contribution in [0.5, 0.6) is 0 Å². The topological polar surface area (TPSA) is 74.6 Å². The van der Waals surface area contributed by atoms with E-state index in [1.54, 1.807) is 38.2 Å². The van der Waals surface area contributed by atoms with Crippen molar-refractivity contribution in [1.29, 1.82) is 0 Å². The molecule has 0 spiro atoms. The van der Waals surface area contributed by atoms with Crippen molar-refractivity contribution in [2.24, 2.45) is 0 Å². The average Bonchev–Trinajstić information content (AvgIpc) is 2.51. The van der Waals surface area contributed by atoms with Gasteiger partial charge in [-0.3, -0.25) is 0 Å². The number of hydrogen-bond donors (Lipinski definition) is 2. The number of allylic oxidation sites excluding steroid dienone is 12. The molecule has 0 aromatic rings. The van der Waals surface area contributed by atoms with Gasteiger partial charge in [-0.1, -0.05) is 71.9 Å². The Morgan fingerprint density at radius 2 is 0.920 bits per heavy atom. The van der Waals surface area contributed by atoms with Crippen LogP contribution >= 0.6 is 0 Å². The molecule has 0 fully saturated rings. The summed E-state index contributed by atoms with van der Waals surface area (Å²) in [5, 5.41) is 17.4. The first-order valence-electron chi connectivity index (χ1n) is 7.42. The Kier molecular flexibility index (Phi) is 15.1. The summed E-state index contributed by atoms with van der Waals surface area (Å²) < 4.78 is 0. The van der Waals surface area contributed by atoms with E-state index in [2.05, 4.69) is 0 Å². The summed E-state index contributed by atoms with van der Waals surface area (Å²) in [6.07, 6.45) is 17.7. The Morgan fingerprint density at radius 3 is 1.20 bits per heavy atom. The first kappa shape index (κ1) is 25.6. The van der Waals surface area contributed by atoms with Gasteiger partial charge in [0.2, 0.25) is 0 Å². The zero-order chi connectivity index (χ0) is 18.5. The van der Waals surface area contributed by atoms with Crippen LogP contribution in [0.25, 0.3) is 0 Å². The average molecular weight is 371 g/mol. The van der Waals surface area contributed by atoms with Crippen LogP contribution in [0.4, 0.5) is 0 Å².